The van der Waals surface area contributed by atoms with Gasteiger partial charge in [0.1, 0.15) is 12.1 Å². The molecule has 0 aliphatic heterocycles. The van der Waals surface area contributed by atoms with Crippen LogP contribution in [0.5, 0.6) is 0 Å². The van der Waals surface area contributed by atoms with Crippen molar-refractivity contribution in [3.05, 3.63) is 0 Å². The fourth-order valence-corrected chi connectivity index (χ4v) is 2.19. The molecule has 0 aromatic carbocycles. The fourth-order valence-electron chi connectivity index (χ4n) is 2.19. The average molecular weight is 168 g/mol. The van der Waals surface area contributed by atoms with Gasteiger partial charge in [0, 0.05) is 5.92 Å². The standard InChI is InChI=1S/C10H16O2/c1-7-4-10(2,3)5-8(6-11)9(7)12/h6-8H,4-5H2,1-3H3. The molecule has 0 heterocycles. The fraction of sp³-hybridized carbons (Fsp3) is 0.800. The zero-order chi connectivity index (χ0) is 9.35. The topological polar surface area (TPSA) is 34.1 Å². The molecular formula is C10H16O2. The Morgan fingerprint density at radius 2 is 2.00 bits per heavy atom. The normalized spacial score (nSPS) is 34.8. The van der Waals surface area contributed by atoms with E-state index in [1.807, 2.05) is 6.92 Å². The van der Waals surface area contributed by atoms with E-state index in [9.17, 15) is 9.59 Å². The smallest absolute Gasteiger partial charge is 0.145 e. The molecule has 0 N–H and O–H groups in total. The van der Waals surface area contributed by atoms with Gasteiger partial charge in [-0.15, -0.1) is 0 Å². The van der Waals surface area contributed by atoms with Gasteiger partial charge in [-0.1, -0.05) is 20.8 Å². The molecule has 0 saturated heterocycles. The number of aldehydes is 1. The number of hydrogen-bond acceptors (Lipinski definition) is 2. The third-order valence-electron chi connectivity index (χ3n) is 2.65. The lowest BCUT2D eigenvalue weighted by atomic mass is 9.68. The number of hydrogen-bond donors (Lipinski definition) is 0. The molecule has 0 aromatic rings. The minimum Gasteiger partial charge on any atom is -0.303 e. The summed E-state index contributed by atoms with van der Waals surface area (Å²) in [4.78, 5) is 22.0. The summed E-state index contributed by atoms with van der Waals surface area (Å²) in [6.45, 7) is 6.15. The summed E-state index contributed by atoms with van der Waals surface area (Å²) >= 11 is 0. The van der Waals surface area contributed by atoms with Crippen LogP contribution >= 0.6 is 0 Å². The second kappa shape index (κ2) is 3.00. The molecule has 12 heavy (non-hydrogen) atoms. The predicted molar refractivity (Wildman–Crippen MR) is 46.7 cm³/mol. The van der Waals surface area contributed by atoms with Gasteiger partial charge in [-0.25, -0.2) is 0 Å². The van der Waals surface area contributed by atoms with Gasteiger partial charge >= 0.3 is 0 Å². The van der Waals surface area contributed by atoms with E-state index >= 15 is 0 Å². The Kier molecular flexibility index (Phi) is 2.36. The molecule has 1 rings (SSSR count). The van der Waals surface area contributed by atoms with E-state index in [4.69, 9.17) is 0 Å². The highest BCUT2D eigenvalue weighted by Crippen LogP contribution is 2.38. The molecule has 0 spiro atoms. The molecule has 1 aliphatic rings. The molecular weight excluding hydrogens is 152 g/mol. The van der Waals surface area contributed by atoms with Crippen LogP contribution in [0.15, 0.2) is 0 Å². The van der Waals surface area contributed by atoms with Crippen LogP contribution < -0.4 is 0 Å². The van der Waals surface area contributed by atoms with Crippen LogP contribution in [0.4, 0.5) is 0 Å². The Labute approximate surface area is 73.3 Å². The summed E-state index contributed by atoms with van der Waals surface area (Å²) in [6.07, 6.45) is 2.44. The number of ketones is 1. The maximum absolute atomic E-state index is 11.4. The van der Waals surface area contributed by atoms with Crippen LogP contribution in [-0.2, 0) is 9.59 Å². The Balaban J connectivity index is 2.78. The van der Waals surface area contributed by atoms with E-state index in [1.54, 1.807) is 0 Å². The van der Waals surface area contributed by atoms with Crippen molar-refractivity contribution < 1.29 is 9.59 Å². The van der Waals surface area contributed by atoms with Gasteiger partial charge < -0.3 is 4.79 Å². The number of rotatable bonds is 1. The first kappa shape index (κ1) is 9.43. The molecule has 68 valence electrons. The minimum atomic E-state index is -0.344. The van der Waals surface area contributed by atoms with Crippen molar-refractivity contribution in [1.82, 2.24) is 0 Å². The molecule has 2 atom stereocenters. The highest BCUT2D eigenvalue weighted by molar-refractivity contribution is 5.95. The number of Topliss-reactive ketones (excluding diaryl/α,β-unsaturated/α-hetero) is 1. The Hall–Kier alpha value is -0.660. The van der Waals surface area contributed by atoms with Crippen molar-refractivity contribution in [1.29, 1.82) is 0 Å². The maximum atomic E-state index is 11.4. The second-order valence-electron chi connectivity index (χ2n) is 4.62. The van der Waals surface area contributed by atoms with Crippen molar-refractivity contribution in [3.63, 3.8) is 0 Å². The maximum Gasteiger partial charge on any atom is 0.145 e. The lowest BCUT2D eigenvalue weighted by Gasteiger charge is -2.35. The molecule has 1 aliphatic carbocycles. The van der Waals surface area contributed by atoms with Gasteiger partial charge in [0.25, 0.3) is 0 Å². The number of carbonyl (C=O) groups excluding carboxylic acids is 2. The summed E-state index contributed by atoms with van der Waals surface area (Å²) in [5.74, 6) is -0.156. The number of carbonyl (C=O) groups is 2. The Morgan fingerprint density at radius 1 is 1.42 bits per heavy atom. The van der Waals surface area contributed by atoms with Crippen molar-refractivity contribution in [3.8, 4) is 0 Å². The molecule has 0 radical (unpaired) electrons. The molecule has 0 amide bonds. The minimum absolute atomic E-state index is 0.0592. The monoisotopic (exact) mass is 168 g/mol. The molecule has 1 fully saturated rings. The van der Waals surface area contributed by atoms with Crippen molar-refractivity contribution in [2.75, 3.05) is 0 Å². The zero-order valence-corrected chi connectivity index (χ0v) is 7.96. The first-order valence-electron chi connectivity index (χ1n) is 4.45. The van der Waals surface area contributed by atoms with Gasteiger partial charge in [0.2, 0.25) is 0 Å². The average Bonchev–Trinajstić information content (AvgIpc) is 1.96. The van der Waals surface area contributed by atoms with E-state index in [2.05, 4.69) is 13.8 Å². The lowest BCUT2D eigenvalue weighted by Crippen LogP contribution is -2.36. The third-order valence-corrected chi connectivity index (χ3v) is 2.65. The lowest BCUT2D eigenvalue weighted by molar-refractivity contribution is -0.135. The van der Waals surface area contributed by atoms with Gasteiger partial charge in [-0.2, -0.15) is 0 Å². The quantitative estimate of drug-likeness (QED) is 0.442. The van der Waals surface area contributed by atoms with Crippen LogP contribution in [-0.4, -0.2) is 12.1 Å². The second-order valence-corrected chi connectivity index (χ2v) is 4.62. The van der Waals surface area contributed by atoms with Crippen molar-refractivity contribution >= 4 is 12.1 Å². The summed E-state index contributed by atoms with van der Waals surface area (Å²) in [6, 6.07) is 0. The van der Waals surface area contributed by atoms with E-state index in [-0.39, 0.29) is 23.0 Å². The van der Waals surface area contributed by atoms with Crippen LogP contribution in [0.2, 0.25) is 0 Å². The van der Waals surface area contributed by atoms with E-state index in [1.165, 1.54) is 0 Å². The Bertz CT molecular complexity index is 206. The SMILES string of the molecule is CC1CC(C)(C)CC(C=O)C1=O. The van der Waals surface area contributed by atoms with E-state index in [0.717, 1.165) is 19.1 Å². The van der Waals surface area contributed by atoms with Gasteiger partial charge in [0.15, 0.2) is 0 Å². The van der Waals surface area contributed by atoms with Crippen molar-refractivity contribution in [2.24, 2.45) is 17.3 Å². The predicted octanol–water partition coefficient (Wildman–Crippen LogP) is 1.83. The Morgan fingerprint density at radius 3 is 2.50 bits per heavy atom. The van der Waals surface area contributed by atoms with E-state index in [0.29, 0.717) is 0 Å². The molecule has 2 heteroatoms. The summed E-state index contributed by atoms with van der Waals surface area (Å²) in [5, 5.41) is 0. The largest absolute Gasteiger partial charge is 0.303 e. The van der Waals surface area contributed by atoms with Crippen molar-refractivity contribution in [2.45, 2.75) is 33.6 Å². The van der Waals surface area contributed by atoms with Crippen LogP contribution in [0.25, 0.3) is 0 Å². The first-order valence-corrected chi connectivity index (χ1v) is 4.45. The third kappa shape index (κ3) is 1.74. The highest BCUT2D eigenvalue weighted by atomic mass is 16.1. The van der Waals surface area contributed by atoms with Crippen LogP contribution in [0.1, 0.15) is 33.6 Å². The van der Waals surface area contributed by atoms with Gasteiger partial charge in [-0.3, -0.25) is 4.79 Å². The molecule has 0 bridgehead atoms. The molecule has 2 nitrogen and oxygen atoms in total. The highest BCUT2D eigenvalue weighted by Gasteiger charge is 2.37. The first-order chi connectivity index (χ1) is 5.46. The van der Waals surface area contributed by atoms with Crippen LogP contribution in [0, 0.1) is 17.3 Å². The molecule has 2 unspecified atom stereocenters. The summed E-state index contributed by atoms with van der Waals surface area (Å²) in [7, 11) is 0. The van der Waals surface area contributed by atoms with E-state index < -0.39 is 0 Å². The zero-order valence-electron chi connectivity index (χ0n) is 7.96. The van der Waals surface area contributed by atoms with Gasteiger partial charge in [-0.05, 0) is 18.3 Å². The summed E-state index contributed by atoms with van der Waals surface area (Å²) < 4.78 is 0. The molecule has 1 saturated carbocycles. The summed E-state index contributed by atoms with van der Waals surface area (Å²) in [5.41, 5.74) is 0.152. The molecule has 0 aromatic heterocycles. The van der Waals surface area contributed by atoms with Gasteiger partial charge in [0.05, 0.1) is 5.92 Å². The van der Waals surface area contributed by atoms with Crippen LogP contribution in [0.3, 0.4) is 0 Å².